The molecule has 19 heteroatoms. The van der Waals surface area contributed by atoms with Crippen LogP contribution in [0.4, 0.5) is 0 Å². The number of para-hydroxylation sites is 4. The highest BCUT2D eigenvalue weighted by atomic mass is 32.2. The van der Waals surface area contributed by atoms with E-state index < -0.39 is 37.7 Å². The van der Waals surface area contributed by atoms with Gasteiger partial charge in [0, 0.05) is 25.4 Å². The number of ether oxygens (including phenoxy) is 5. The molecule has 8 rings (SSSR count). The van der Waals surface area contributed by atoms with E-state index in [0.29, 0.717) is 59.2 Å². The number of hydrogen-bond donors (Lipinski definition) is 2. The molecule has 4 aliphatic rings. The number of ketones is 2. The molecule has 2 aliphatic carbocycles. The largest absolute Gasteiger partial charge is 0.486 e. The normalized spacial score (nSPS) is 19.5. The van der Waals surface area contributed by atoms with E-state index in [2.05, 4.69) is 0 Å². The first-order valence-corrected chi connectivity index (χ1v) is 24.5. The minimum absolute atomic E-state index is 0.00562. The quantitative estimate of drug-likeness (QED) is 0.199. The topological polar surface area (TPSA) is 223 Å². The lowest BCUT2D eigenvalue weighted by molar-refractivity contribution is 0.0112. The second-order valence-corrected chi connectivity index (χ2v) is 23.1. The van der Waals surface area contributed by atoms with E-state index in [4.69, 9.17) is 28.8 Å². The van der Waals surface area contributed by atoms with E-state index in [1.807, 2.05) is 64.1 Å². The molecule has 328 valence electrons. The van der Waals surface area contributed by atoms with Crippen molar-refractivity contribution >= 4 is 65.9 Å². The van der Waals surface area contributed by atoms with Crippen LogP contribution in [-0.2, 0) is 37.3 Å². The summed E-state index contributed by atoms with van der Waals surface area (Å²) in [6, 6.07) is 14.7. The van der Waals surface area contributed by atoms with Crippen LogP contribution in [0.5, 0.6) is 23.0 Å². The average molecular weight is 919 g/mol. The van der Waals surface area contributed by atoms with Crippen LogP contribution in [0.2, 0.25) is 0 Å². The van der Waals surface area contributed by atoms with Gasteiger partial charge in [0.25, 0.3) is 0 Å². The van der Waals surface area contributed by atoms with Crippen LogP contribution in [0, 0.1) is 10.8 Å². The summed E-state index contributed by atoms with van der Waals surface area (Å²) in [5.41, 5.74) is 0.393. The number of aliphatic hydroxyl groups is 1. The lowest BCUT2D eigenvalue weighted by Crippen LogP contribution is -2.34. The minimum atomic E-state index is -3.65. The lowest BCUT2D eigenvalue weighted by atomic mass is 9.74. The highest BCUT2D eigenvalue weighted by Gasteiger charge is 2.41. The number of Topliss-reactive ketones (excluding diaryl/α,β-unsaturated/α-hetero) is 2. The summed E-state index contributed by atoms with van der Waals surface area (Å²) in [6.07, 6.45) is 2.65. The first-order chi connectivity index (χ1) is 28.5. The van der Waals surface area contributed by atoms with E-state index in [9.17, 15) is 41.1 Å². The summed E-state index contributed by atoms with van der Waals surface area (Å²) >= 11 is 1.50. The molecule has 2 atom stereocenters. The van der Waals surface area contributed by atoms with Gasteiger partial charge in [0.2, 0.25) is 0 Å². The minimum Gasteiger partial charge on any atom is -0.486 e. The zero-order chi connectivity index (χ0) is 44.7. The number of carboxylic acids is 1. The number of benzene rings is 2. The number of carbonyl (C=O) groups excluding carboxylic acids is 3. The number of thiophene rings is 2. The summed E-state index contributed by atoms with van der Waals surface area (Å²) in [5.74, 6) is 0.301. The van der Waals surface area contributed by atoms with Crippen LogP contribution in [0.25, 0.3) is 0 Å². The molecule has 2 aromatic carbocycles. The van der Waals surface area contributed by atoms with Gasteiger partial charge in [-0.25, -0.2) is 26.4 Å². The van der Waals surface area contributed by atoms with Gasteiger partial charge >= 0.3 is 11.9 Å². The van der Waals surface area contributed by atoms with Crippen LogP contribution in [-0.4, -0.2) is 102 Å². The Bertz CT molecular complexity index is 2600. The second-order valence-electron chi connectivity index (χ2n) is 16.7. The molecule has 4 aromatic rings. The van der Waals surface area contributed by atoms with Crippen LogP contribution < -0.4 is 18.9 Å². The third kappa shape index (κ3) is 10.5. The number of rotatable bonds is 7. The zero-order valence-corrected chi connectivity index (χ0v) is 37.5. The predicted octanol–water partition coefficient (Wildman–Crippen LogP) is 6.13. The molecule has 2 aromatic heterocycles. The van der Waals surface area contributed by atoms with Crippen molar-refractivity contribution in [2.24, 2.45) is 10.8 Å². The summed E-state index contributed by atoms with van der Waals surface area (Å²) < 4.78 is 75.3. The Kier molecular flexibility index (Phi) is 13.1. The standard InChI is InChI=1S/C21H22O7S2.C12H14O5S2.C9H10O3/c1-21(2)8-13-17(14(22)9-21)20(30(3,24)25)29-18(13)19(23)27-11-12-10-26-15-6-4-5-7-16(15)28-12;1-12(2)4-6-8(7(13)5-12)11(19(3,16)17)18-9(6)10(14)15;10-5-7-6-11-8-3-1-2-4-9(8)12-7/h4-7,12H,8-11H2,1-3H3;4-5H2,1-3H3,(H,14,15);1-4,7,10H,5-6H2. The molecule has 4 heterocycles. The van der Waals surface area contributed by atoms with Gasteiger partial charge in [-0.1, -0.05) is 52.0 Å². The number of aromatic carboxylic acids is 1. The SMILES string of the molecule is CC1(C)CC(=O)c2c(S(C)(=O)=O)sc(C(=O)O)c2C1.CC1(C)CC(=O)c2c(S(C)(=O)=O)sc(C(=O)OCC3COc4ccccc4O3)c2C1.OCC1COc2ccccc2O1. The van der Waals surface area contributed by atoms with E-state index in [1.54, 1.807) is 12.1 Å². The van der Waals surface area contributed by atoms with E-state index in [0.717, 1.165) is 29.6 Å². The van der Waals surface area contributed by atoms with Crippen molar-refractivity contribution in [2.75, 3.05) is 38.9 Å². The summed E-state index contributed by atoms with van der Waals surface area (Å²) in [7, 11) is -7.24. The average Bonchev–Trinajstić information content (AvgIpc) is 3.77. The number of carboxylic acid groups (broad SMARTS) is 1. The Morgan fingerprint density at radius 2 is 1.10 bits per heavy atom. The molecule has 0 fully saturated rings. The fraction of sp³-hybridized carbons (Fsp3) is 0.429. The fourth-order valence-corrected chi connectivity index (χ4v) is 12.1. The van der Waals surface area contributed by atoms with Gasteiger partial charge < -0.3 is 33.9 Å². The van der Waals surface area contributed by atoms with Crippen molar-refractivity contribution in [1.29, 1.82) is 0 Å². The van der Waals surface area contributed by atoms with Crippen molar-refractivity contribution in [1.82, 2.24) is 0 Å². The Hall–Kier alpha value is -4.82. The van der Waals surface area contributed by atoms with E-state index >= 15 is 0 Å². The van der Waals surface area contributed by atoms with Crippen molar-refractivity contribution in [3.05, 3.63) is 80.5 Å². The van der Waals surface area contributed by atoms with Crippen molar-refractivity contribution in [3.63, 3.8) is 0 Å². The predicted molar refractivity (Wildman–Crippen MR) is 225 cm³/mol. The molecule has 0 spiro atoms. The second kappa shape index (κ2) is 17.5. The number of carbonyl (C=O) groups is 4. The van der Waals surface area contributed by atoms with Crippen molar-refractivity contribution in [3.8, 4) is 23.0 Å². The zero-order valence-electron chi connectivity index (χ0n) is 34.3. The molecule has 0 bridgehead atoms. The molecule has 0 radical (unpaired) electrons. The maximum Gasteiger partial charge on any atom is 0.348 e. The third-order valence-corrected chi connectivity index (χ3v) is 16.0. The maximum absolute atomic E-state index is 12.8. The molecule has 2 unspecified atom stereocenters. The highest BCUT2D eigenvalue weighted by molar-refractivity contribution is 7.93. The van der Waals surface area contributed by atoms with Crippen LogP contribution in [0.1, 0.15) is 91.7 Å². The maximum atomic E-state index is 12.8. The molecule has 61 heavy (non-hydrogen) atoms. The molecular weight excluding hydrogens is 873 g/mol. The molecular formula is C42H46O15S4. The number of esters is 1. The van der Waals surface area contributed by atoms with E-state index in [-0.39, 0.29) is 90.5 Å². The number of sulfone groups is 2. The Morgan fingerprint density at radius 3 is 1.54 bits per heavy atom. The third-order valence-electron chi connectivity index (χ3n) is 9.89. The van der Waals surface area contributed by atoms with Gasteiger partial charge in [0.15, 0.2) is 66.4 Å². The highest BCUT2D eigenvalue weighted by Crippen LogP contribution is 2.45. The molecule has 0 saturated carbocycles. The van der Waals surface area contributed by atoms with Gasteiger partial charge in [0.1, 0.15) is 38.0 Å². The molecule has 0 saturated heterocycles. The Morgan fingerprint density at radius 1 is 0.689 bits per heavy atom. The van der Waals surface area contributed by atoms with Crippen molar-refractivity contribution < 1.29 is 69.9 Å². The fourth-order valence-electron chi connectivity index (χ4n) is 7.31. The van der Waals surface area contributed by atoms with Crippen LogP contribution in [0.15, 0.2) is 56.9 Å². The van der Waals surface area contributed by atoms with Gasteiger partial charge in [-0.15, -0.1) is 22.7 Å². The molecule has 2 N–H and O–H groups in total. The number of hydrogen-bond acceptors (Lipinski definition) is 16. The van der Waals surface area contributed by atoms with Crippen LogP contribution in [0.3, 0.4) is 0 Å². The van der Waals surface area contributed by atoms with E-state index in [1.165, 1.54) is 0 Å². The van der Waals surface area contributed by atoms with Crippen molar-refractivity contribution in [2.45, 2.75) is 74.0 Å². The lowest BCUT2D eigenvalue weighted by Gasteiger charge is -2.29. The summed E-state index contributed by atoms with van der Waals surface area (Å²) in [5, 5.41) is 18.0. The monoisotopic (exact) mass is 918 g/mol. The first-order valence-electron chi connectivity index (χ1n) is 19.0. The van der Waals surface area contributed by atoms with Gasteiger partial charge in [-0.2, -0.15) is 0 Å². The summed E-state index contributed by atoms with van der Waals surface area (Å²) in [4.78, 5) is 49.1. The first kappa shape index (κ1) is 45.7. The Balaban J connectivity index is 0.000000170. The Labute approximate surface area is 361 Å². The van der Waals surface area contributed by atoms with Gasteiger partial charge in [-0.05, 0) is 59.1 Å². The van der Waals surface area contributed by atoms with Crippen LogP contribution >= 0.6 is 22.7 Å². The molecule has 2 aliphatic heterocycles. The molecule has 0 amide bonds. The smallest absolute Gasteiger partial charge is 0.348 e. The number of aliphatic hydroxyl groups excluding tert-OH is 1. The van der Waals surface area contributed by atoms with Gasteiger partial charge in [-0.3, -0.25) is 9.59 Å². The molecule has 15 nitrogen and oxygen atoms in total. The number of fused-ring (bicyclic) bond motifs is 4. The summed E-state index contributed by atoms with van der Waals surface area (Å²) in [6.45, 7) is 8.19. The van der Waals surface area contributed by atoms with Gasteiger partial charge in [0.05, 0.1) is 17.7 Å².